The van der Waals surface area contributed by atoms with E-state index >= 15 is 0 Å². The lowest BCUT2D eigenvalue weighted by Crippen LogP contribution is -2.27. The maximum absolute atomic E-state index is 14.2. The second kappa shape index (κ2) is 10.0. The van der Waals surface area contributed by atoms with E-state index in [1.54, 1.807) is 12.1 Å². The Morgan fingerprint density at radius 3 is 1.97 bits per heavy atom. The summed E-state index contributed by atoms with van der Waals surface area (Å²) in [5.41, 5.74) is 1.03. The van der Waals surface area contributed by atoms with Crippen LogP contribution in [0, 0.1) is 0 Å². The second-order valence-corrected chi connectivity index (χ2v) is 6.60. The monoisotopic (exact) mass is 420 g/mol. The molecule has 0 saturated heterocycles. The first-order valence-corrected chi connectivity index (χ1v) is 9.20. The zero-order valence-electron chi connectivity index (χ0n) is 15.8. The molecular formula is C21H22F6O2. The molecule has 0 heterocycles. The predicted molar refractivity (Wildman–Crippen MR) is 96.4 cm³/mol. The van der Waals surface area contributed by atoms with Crippen LogP contribution in [0.25, 0.3) is 0 Å². The van der Waals surface area contributed by atoms with Crippen LogP contribution < -0.4 is 4.74 Å². The minimum atomic E-state index is -4.92. The highest BCUT2D eigenvalue weighted by Gasteiger charge is 2.43. The summed E-state index contributed by atoms with van der Waals surface area (Å²) in [6.45, 7) is 1.60. The van der Waals surface area contributed by atoms with Gasteiger partial charge in [0.05, 0.1) is 6.61 Å². The molecule has 0 fully saturated rings. The molecule has 0 spiro atoms. The van der Waals surface area contributed by atoms with Crippen molar-refractivity contribution >= 4 is 0 Å². The second-order valence-electron chi connectivity index (χ2n) is 6.60. The fourth-order valence-corrected chi connectivity index (χ4v) is 2.67. The van der Waals surface area contributed by atoms with Crippen LogP contribution in [0.2, 0.25) is 0 Å². The highest BCUT2D eigenvalue weighted by molar-refractivity contribution is 5.29. The molecule has 2 aromatic carbocycles. The van der Waals surface area contributed by atoms with Gasteiger partial charge in [0.15, 0.2) is 0 Å². The molecule has 2 aromatic rings. The fraction of sp³-hybridized carbons (Fsp3) is 0.429. The van der Waals surface area contributed by atoms with Crippen molar-refractivity contribution in [3.05, 3.63) is 65.2 Å². The van der Waals surface area contributed by atoms with Gasteiger partial charge in [-0.15, -0.1) is 13.2 Å². The van der Waals surface area contributed by atoms with Crippen LogP contribution >= 0.6 is 0 Å². The molecule has 0 bridgehead atoms. The normalized spacial score (nSPS) is 13.3. The fourth-order valence-electron chi connectivity index (χ4n) is 2.67. The zero-order chi connectivity index (χ0) is 21.5. The molecule has 29 heavy (non-hydrogen) atoms. The van der Waals surface area contributed by atoms with Gasteiger partial charge in [-0.25, -0.2) is 4.39 Å². The summed E-state index contributed by atoms with van der Waals surface area (Å²) >= 11 is 0. The lowest BCUT2D eigenvalue weighted by Gasteiger charge is -2.21. The Morgan fingerprint density at radius 1 is 0.828 bits per heavy atom. The molecular weight excluding hydrogens is 398 g/mol. The van der Waals surface area contributed by atoms with Crippen molar-refractivity contribution in [3.63, 3.8) is 0 Å². The SMILES string of the molecule is CCCCCc1ccc(COC(F)(F)C(F)c2ccc(OC(F)(F)F)cc2)cc1. The number of unbranched alkanes of at least 4 members (excludes halogenated alkanes) is 2. The van der Waals surface area contributed by atoms with Gasteiger partial charge in [0, 0.05) is 0 Å². The summed E-state index contributed by atoms with van der Waals surface area (Å²) < 4.78 is 86.7. The van der Waals surface area contributed by atoms with Gasteiger partial charge in [0.1, 0.15) is 5.75 Å². The standard InChI is InChI=1S/C21H22F6O2/c1-2-3-4-5-15-6-8-16(9-7-15)14-28-20(23,24)19(22)17-10-12-18(13-11-17)29-21(25,26)27/h6-13,19H,2-5,14H2,1H3. The van der Waals surface area contributed by atoms with Crippen LogP contribution in [0.1, 0.15) is 49.0 Å². The van der Waals surface area contributed by atoms with Crippen molar-refractivity contribution < 1.29 is 35.8 Å². The van der Waals surface area contributed by atoms with Crippen LogP contribution in [0.3, 0.4) is 0 Å². The third kappa shape index (κ3) is 7.61. The highest BCUT2D eigenvalue weighted by atomic mass is 19.4. The third-order valence-electron chi connectivity index (χ3n) is 4.22. The number of hydrogen-bond donors (Lipinski definition) is 0. The maximum atomic E-state index is 14.2. The van der Waals surface area contributed by atoms with Crippen molar-refractivity contribution in [1.82, 2.24) is 0 Å². The first-order chi connectivity index (χ1) is 13.6. The minimum Gasteiger partial charge on any atom is -0.406 e. The van der Waals surface area contributed by atoms with Crippen LogP contribution in [-0.2, 0) is 17.8 Å². The van der Waals surface area contributed by atoms with Gasteiger partial charge >= 0.3 is 12.5 Å². The molecule has 0 N–H and O–H groups in total. The van der Waals surface area contributed by atoms with E-state index in [9.17, 15) is 26.3 Å². The lowest BCUT2D eigenvalue weighted by atomic mass is 10.1. The predicted octanol–water partition coefficient (Wildman–Crippen LogP) is 7.14. The molecule has 0 aromatic heterocycles. The van der Waals surface area contributed by atoms with E-state index in [-0.39, 0.29) is 0 Å². The smallest absolute Gasteiger partial charge is 0.406 e. The quantitative estimate of drug-likeness (QED) is 0.300. The molecule has 1 atom stereocenters. The van der Waals surface area contributed by atoms with E-state index in [4.69, 9.17) is 0 Å². The molecule has 0 amide bonds. The summed E-state index contributed by atoms with van der Waals surface area (Å²) in [5, 5.41) is 0. The van der Waals surface area contributed by atoms with E-state index in [0.717, 1.165) is 55.5 Å². The van der Waals surface area contributed by atoms with E-state index in [0.29, 0.717) is 5.56 Å². The summed E-state index contributed by atoms with van der Waals surface area (Å²) in [5.74, 6) is -0.628. The number of rotatable bonds is 10. The van der Waals surface area contributed by atoms with Crippen LogP contribution in [0.4, 0.5) is 26.3 Å². The molecule has 0 saturated carbocycles. The maximum Gasteiger partial charge on any atom is 0.573 e. The number of aryl methyl sites for hydroxylation is 1. The number of hydrogen-bond acceptors (Lipinski definition) is 2. The molecule has 0 aliphatic heterocycles. The Balaban J connectivity index is 1.92. The first kappa shape index (κ1) is 23.1. The summed E-state index contributed by atoms with van der Waals surface area (Å²) in [6, 6.07) is 10.1. The van der Waals surface area contributed by atoms with Gasteiger partial charge in [-0.2, -0.15) is 8.78 Å². The molecule has 0 aliphatic carbocycles. The molecule has 8 heteroatoms. The lowest BCUT2D eigenvalue weighted by molar-refractivity contribution is -0.282. The van der Waals surface area contributed by atoms with Gasteiger partial charge in [0.2, 0.25) is 6.17 Å². The summed E-state index contributed by atoms with van der Waals surface area (Å²) in [6.07, 6.45) is -7.76. The van der Waals surface area contributed by atoms with E-state index < -0.39 is 36.6 Å². The van der Waals surface area contributed by atoms with Crippen molar-refractivity contribution in [2.75, 3.05) is 0 Å². The Labute approximate surface area is 165 Å². The van der Waals surface area contributed by atoms with Gasteiger partial charge in [-0.1, -0.05) is 56.2 Å². The highest BCUT2D eigenvalue weighted by Crippen LogP contribution is 2.37. The van der Waals surface area contributed by atoms with Crippen molar-refractivity contribution in [2.24, 2.45) is 0 Å². The first-order valence-electron chi connectivity index (χ1n) is 9.20. The van der Waals surface area contributed by atoms with Gasteiger partial charge in [0.25, 0.3) is 0 Å². The molecule has 0 radical (unpaired) electrons. The number of benzene rings is 2. The molecule has 160 valence electrons. The van der Waals surface area contributed by atoms with Crippen molar-refractivity contribution in [3.8, 4) is 5.75 Å². The number of ether oxygens (including phenoxy) is 2. The Kier molecular flexibility index (Phi) is 7.96. The summed E-state index contributed by atoms with van der Waals surface area (Å²) in [7, 11) is 0. The van der Waals surface area contributed by atoms with Crippen LogP contribution in [0.15, 0.2) is 48.5 Å². The van der Waals surface area contributed by atoms with E-state index in [1.165, 1.54) is 0 Å². The van der Waals surface area contributed by atoms with E-state index in [1.807, 2.05) is 12.1 Å². The molecule has 0 aliphatic rings. The largest absolute Gasteiger partial charge is 0.573 e. The van der Waals surface area contributed by atoms with Crippen LogP contribution in [0.5, 0.6) is 5.75 Å². The summed E-state index contributed by atoms with van der Waals surface area (Å²) in [4.78, 5) is 0. The van der Waals surface area contributed by atoms with Gasteiger partial charge in [-0.3, -0.25) is 0 Å². The average molecular weight is 420 g/mol. The average Bonchev–Trinajstić information content (AvgIpc) is 2.66. The molecule has 2 rings (SSSR count). The molecule has 2 nitrogen and oxygen atoms in total. The van der Waals surface area contributed by atoms with E-state index in [2.05, 4.69) is 16.4 Å². The number of halogens is 6. The van der Waals surface area contributed by atoms with Gasteiger partial charge < -0.3 is 9.47 Å². The topological polar surface area (TPSA) is 18.5 Å². The Bertz CT molecular complexity index is 741. The van der Waals surface area contributed by atoms with Crippen molar-refractivity contribution in [1.29, 1.82) is 0 Å². The minimum absolute atomic E-state index is 0.463. The Hall–Kier alpha value is -2.22. The third-order valence-corrected chi connectivity index (χ3v) is 4.22. The van der Waals surface area contributed by atoms with Gasteiger partial charge in [-0.05, 0) is 41.7 Å². The molecule has 1 unspecified atom stereocenters. The zero-order valence-corrected chi connectivity index (χ0v) is 15.8. The Morgan fingerprint density at radius 2 is 1.41 bits per heavy atom. The van der Waals surface area contributed by atoms with Crippen LogP contribution in [-0.4, -0.2) is 12.5 Å². The van der Waals surface area contributed by atoms with Crippen molar-refractivity contribution in [2.45, 2.75) is 57.9 Å². The number of alkyl halides is 6.